The molecule has 1 aromatic carbocycles. The lowest BCUT2D eigenvalue weighted by Crippen LogP contribution is -2.55. The van der Waals surface area contributed by atoms with Crippen LogP contribution in [0.1, 0.15) is 26.3 Å². The van der Waals surface area contributed by atoms with Crippen molar-refractivity contribution in [2.45, 2.75) is 44.9 Å². The van der Waals surface area contributed by atoms with Crippen LogP contribution in [0.4, 0.5) is 4.79 Å². The molecule has 2 unspecified atom stereocenters. The molecule has 5 nitrogen and oxygen atoms in total. The first-order valence-electron chi connectivity index (χ1n) is 7.87. The van der Waals surface area contributed by atoms with Crippen LogP contribution in [0.2, 0.25) is 10.0 Å². The Bertz CT molecular complexity index is 588. The van der Waals surface area contributed by atoms with Gasteiger partial charge in [-0.3, -0.25) is 4.90 Å². The summed E-state index contributed by atoms with van der Waals surface area (Å²) in [5.41, 5.74) is 0.132. The molecule has 2 atom stereocenters. The maximum Gasteiger partial charge on any atom is 0.410 e. The number of morpholine rings is 1. The Morgan fingerprint density at radius 2 is 2.17 bits per heavy atom. The molecule has 7 heteroatoms. The molecule has 1 saturated heterocycles. The van der Waals surface area contributed by atoms with Crippen LogP contribution in [0, 0.1) is 0 Å². The highest BCUT2D eigenvalue weighted by atomic mass is 35.5. The van der Waals surface area contributed by atoms with Crippen molar-refractivity contribution in [2.75, 3.05) is 19.8 Å². The van der Waals surface area contributed by atoms with Crippen LogP contribution in [-0.2, 0) is 15.9 Å². The highest BCUT2D eigenvalue weighted by molar-refractivity contribution is 6.33. The largest absolute Gasteiger partial charge is 0.444 e. The Morgan fingerprint density at radius 3 is 2.83 bits per heavy atom. The van der Waals surface area contributed by atoms with Gasteiger partial charge in [0.1, 0.15) is 5.60 Å². The lowest BCUT2D eigenvalue weighted by atomic mass is 10.0. The van der Waals surface area contributed by atoms with E-state index in [2.05, 4.69) is 0 Å². The number of hydrogen-bond donors (Lipinski definition) is 1. The maximum atomic E-state index is 12.4. The molecule has 0 spiro atoms. The van der Waals surface area contributed by atoms with Crippen molar-refractivity contribution in [1.82, 2.24) is 4.90 Å². The molecule has 2 rings (SSSR count). The number of carbonyl (C=O) groups excluding carboxylic acids is 1. The molecule has 24 heavy (non-hydrogen) atoms. The van der Waals surface area contributed by atoms with Crippen LogP contribution >= 0.6 is 23.2 Å². The van der Waals surface area contributed by atoms with E-state index in [1.165, 1.54) is 4.90 Å². The molecule has 1 aromatic rings. The van der Waals surface area contributed by atoms with Crippen molar-refractivity contribution in [3.05, 3.63) is 33.8 Å². The molecule has 1 aliphatic heterocycles. The first-order chi connectivity index (χ1) is 11.2. The van der Waals surface area contributed by atoms with E-state index in [0.717, 1.165) is 5.56 Å². The van der Waals surface area contributed by atoms with Gasteiger partial charge in [-0.15, -0.1) is 0 Å². The number of rotatable bonds is 3. The number of halogens is 2. The molecule has 0 aliphatic carbocycles. The van der Waals surface area contributed by atoms with E-state index in [4.69, 9.17) is 32.7 Å². The van der Waals surface area contributed by atoms with E-state index >= 15 is 0 Å². The smallest absolute Gasteiger partial charge is 0.410 e. The second-order valence-electron chi connectivity index (χ2n) is 6.82. The molecule has 1 fully saturated rings. The summed E-state index contributed by atoms with van der Waals surface area (Å²) in [5, 5.41) is 11.7. The average molecular weight is 376 g/mol. The van der Waals surface area contributed by atoms with Gasteiger partial charge in [-0.25, -0.2) is 4.79 Å². The monoisotopic (exact) mass is 375 g/mol. The minimum Gasteiger partial charge on any atom is -0.444 e. The van der Waals surface area contributed by atoms with E-state index in [-0.39, 0.29) is 13.0 Å². The number of carbonyl (C=O) groups is 1. The van der Waals surface area contributed by atoms with E-state index in [9.17, 15) is 9.90 Å². The molecule has 0 bridgehead atoms. The molecule has 1 amide bonds. The number of aliphatic hydroxyl groups excluding tert-OH is 1. The summed E-state index contributed by atoms with van der Waals surface area (Å²) in [7, 11) is 0. The summed E-state index contributed by atoms with van der Waals surface area (Å²) < 4.78 is 10.9. The third-order valence-electron chi connectivity index (χ3n) is 3.67. The maximum absolute atomic E-state index is 12.4. The van der Waals surface area contributed by atoms with Gasteiger partial charge >= 0.3 is 6.09 Å². The van der Waals surface area contributed by atoms with Crippen LogP contribution in [0.15, 0.2) is 18.2 Å². The van der Waals surface area contributed by atoms with Gasteiger partial charge in [-0.05, 0) is 44.5 Å². The van der Waals surface area contributed by atoms with Crippen molar-refractivity contribution in [2.24, 2.45) is 0 Å². The summed E-state index contributed by atoms with van der Waals surface area (Å²) in [6.45, 7) is 6.46. The highest BCUT2D eigenvalue weighted by Gasteiger charge is 2.35. The van der Waals surface area contributed by atoms with Crippen molar-refractivity contribution >= 4 is 29.3 Å². The minimum atomic E-state index is -0.839. The fourth-order valence-corrected chi connectivity index (χ4v) is 2.94. The zero-order valence-electron chi connectivity index (χ0n) is 14.1. The third-order valence-corrected chi connectivity index (χ3v) is 4.28. The van der Waals surface area contributed by atoms with E-state index in [1.807, 2.05) is 20.8 Å². The molecular weight excluding hydrogens is 353 g/mol. The zero-order valence-corrected chi connectivity index (χ0v) is 15.6. The second kappa shape index (κ2) is 7.91. The Balaban J connectivity index is 2.11. The van der Waals surface area contributed by atoms with Gasteiger partial charge < -0.3 is 14.6 Å². The van der Waals surface area contributed by atoms with Gasteiger partial charge in [0.2, 0.25) is 0 Å². The van der Waals surface area contributed by atoms with Crippen LogP contribution < -0.4 is 0 Å². The summed E-state index contributed by atoms with van der Waals surface area (Å²) in [6, 6.07) is 4.60. The predicted octanol–water partition coefficient (Wildman–Crippen LogP) is 3.53. The normalized spacial score (nSPS) is 19.9. The number of amides is 1. The van der Waals surface area contributed by atoms with Crippen molar-refractivity contribution in [3.63, 3.8) is 0 Å². The summed E-state index contributed by atoms with van der Waals surface area (Å²) in [5.74, 6) is 0. The predicted molar refractivity (Wildman–Crippen MR) is 93.7 cm³/mol. The van der Waals surface area contributed by atoms with Crippen molar-refractivity contribution in [1.29, 1.82) is 0 Å². The highest BCUT2D eigenvalue weighted by Crippen LogP contribution is 2.24. The first kappa shape index (κ1) is 19.3. The van der Waals surface area contributed by atoms with Crippen molar-refractivity contribution < 1.29 is 19.4 Å². The minimum absolute atomic E-state index is 0.249. The fraction of sp³-hybridized carbons (Fsp3) is 0.588. The van der Waals surface area contributed by atoms with E-state index < -0.39 is 23.8 Å². The number of nitrogens with zero attached hydrogens (tertiary/aromatic N) is 1. The van der Waals surface area contributed by atoms with E-state index in [0.29, 0.717) is 23.2 Å². The molecule has 134 valence electrons. The zero-order chi connectivity index (χ0) is 17.9. The van der Waals surface area contributed by atoms with Gasteiger partial charge in [0.15, 0.2) is 0 Å². The topological polar surface area (TPSA) is 59.0 Å². The number of ether oxygens (including phenoxy) is 2. The summed E-state index contributed by atoms with van der Waals surface area (Å²) >= 11 is 12.1. The van der Waals surface area contributed by atoms with Crippen LogP contribution in [0.5, 0.6) is 0 Å². The SMILES string of the molecule is CC(C)(C)OC(=O)N1CCOCC1C(O)Cc1cc(Cl)ccc1Cl. The van der Waals surface area contributed by atoms with Gasteiger partial charge in [-0.1, -0.05) is 23.2 Å². The molecule has 1 N–H and O–H groups in total. The summed E-state index contributed by atoms with van der Waals surface area (Å²) in [6.07, 6.45) is -1.02. The average Bonchev–Trinajstić information content (AvgIpc) is 2.49. The van der Waals surface area contributed by atoms with Crippen molar-refractivity contribution in [3.8, 4) is 0 Å². The molecule has 1 heterocycles. The molecule has 1 aliphatic rings. The quantitative estimate of drug-likeness (QED) is 0.877. The van der Waals surface area contributed by atoms with Gasteiger partial charge in [-0.2, -0.15) is 0 Å². The molecular formula is C17H23Cl2NO4. The van der Waals surface area contributed by atoms with Gasteiger partial charge in [0, 0.05) is 23.0 Å². The molecule has 0 aromatic heterocycles. The number of hydrogen-bond acceptors (Lipinski definition) is 4. The standard InChI is InChI=1S/C17H23Cl2NO4/c1-17(2,3)24-16(22)20-6-7-23-10-14(20)15(21)9-11-8-12(18)4-5-13(11)19/h4-5,8,14-15,21H,6-7,9-10H2,1-3H3. The molecule has 0 radical (unpaired) electrons. The Kier molecular flexibility index (Phi) is 6.37. The molecule has 0 saturated carbocycles. The van der Waals surface area contributed by atoms with Crippen LogP contribution in [-0.4, -0.2) is 53.6 Å². The Hall–Kier alpha value is -1.01. The summed E-state index contributed by atoms with van der Waals surface area (Å²) in [4.78, 5) is 13.9. The first-order valence-corrected chi connectivity index (χ1v) is 8.62. The fourth-order valence-electron chi connectivity index (χ4n) is 2.55. The van der Waals surface area contributed by atoms with Crippen LogP contribution in [0.3, 0.4) is 0 Å². The lowest BCUT2D eigenvalue weighted by Gasteiger charge is -2.38. The number of aliphatic hydroxyl groups is 1. The van der Waals surface area contributed by atoms with Crippen LogP contribution in [0.25, 0.3) is 0 Å². The number of benzene rings is 1. The van der Waals surface area contributed by atoms with E-state index in [1.54, 1.807) is 18.2 Å². The Morgan fingerprint density at radius 1 is 1.46 bits per heavy atom. The van der Waals surface area contributed by atoms with Gasteiger partial charge in [0.05, 0.1) is 25.4 Å². The lowest BCUT2D eigenvalue weighted by molar-refractivity contribution is -0.0660. The van der Waals surface area contributed by atoms with Gasteiger partial charge in [0.25, 0.3) is 0 Å². The second-order valence-corrected chi connectivity index (χ2v) is 7.67. The third kappa shape index (κ3) is 5.24. The Labute approximate surface area is 152 Å².